The number of hydrogen-bond donors (Lipinski definition) is 1. The standard InChI is InChI=1S/C16H14ClFN4O/c17-13-3-4-14(21-20-13)22-7-5-16(6-8-22)11-9-10(18)1-2-12(11)19-15(16)23/h1-4,9H,5-8H2,(H,19,23). The maximum Gasteiger partial charge on any atom is 0.235 e. The van der Waals surface area contributed by atoms with Gasteiger partial charge in [-0.3, -0.25) is 4.79 Å². The van der Waals surface area contributed by atoms with E-state index in [0.29, 0.717) is 31.1 Å². The Morgan fingerprint density at radius 1 is 1.17 bits per heavy atom. The zero-order chi connectivity index (χ0) is 16.0. The van der Waals surface area contributed by atoms with E-state index in [9.17, 15) is 9.18 Å². The van der Waals surface area contributed by atoms with Gasteiger partial charge in [0.25, 0.3) is 0 Å². The first-order valence-corrected chi connectivity index (χ1v) is 7.82. The number of amides is 1. The van der Waals surface area contributed by atoms with E-state index in [-0.39, 0.29) is 11.7 Å². The van der Waals surface area contributed by atoms with Crippen LogP contribution in [0.4, 0.5) is 15.9 Å². The second kappa shape index (κ2) is 5.16. The third kappa shape index (κ3) is 2.25. The third-order valence-corrected chi connectivity index (χ3v) is 4.94. The molecule has 1 aromatic carbocycles. The van der Waals surface area contributed by atoms with Crippen LogP contribution in [0.2, 0.25) is 5.15 Å². The number of fused-ring (bicyclic) bond motifs is 2. The zero-order valence-corrected chi connectivity index (χ0v) is 13.0. The molecule has 0 bridgehead atoms. The average molecular weight is 333 g/mol. The van der Waals surface area contributed by atoms with Gasteiger partial charge < -0.3 is 10.2 Å². The molecule has 1 fully saturated rings. The molecule has 1 spiro atoms. The van der Waals surface area contributed by atoms with E-state index in [1.807, 2.05) is 6.07 Å². The minimum Gasteiger partial charge on any atom is -0.355 e. The van der Waals surface area contributed by atoms with Crippen LogP contribution in [0.1, 0.15) is 18.4 Å². The number of hydrogen-bond acceptors (Lipinski definition) is 4. The van der Waals surface area contributed by atoms with Crippen molar-refractivity contribution in [2.24, 2.45) is 0 Å². The molecular formula is C16H14ClFN4O. The molecule has 0 aliphatic carbocycles. The van der Waals surface area contributed by atoms with Crippen molar-refractivity contribution in [2.75, 3.05) is 23.3 Å². The number of piperidine rings is 1. The number of nitrogens with one attached hydrogen (secondary N) is 1. The van der Waals surface area contributed by atoms with Gasteiger partial charge in [-0.15, -0.1) is 10.2 Å². The van der Waals surface area contributed by atoms with Crippen LogP contribution in [-0.2, 0) is 10.2 Å². The summed E-state index contributed by atoms with van der Waals surface area (Å²) in [4.78, 5) is 14.6. The monoisotopic (exact) mass is 332 g/mol. The van der Waals surface area contributed by atoms with E-state index in [1.54, 1.807) is 12.1 Å². The normalized spacial score (nSPS) is 18.9. The van der Waals surface area contributed by atoms with Crippen molar-refractivity contribution < 1.29 is 9.18 Å². The lowest BCUT2D eigenvalue weighted by molar-refractivity contribution is -0.121. The van der Waals surface area contributed by atoms with Crippen molar-refractivity contribution in [3.8, 4) is 0 Å². The summed E-state index contributed by atoms with van der Waals surface area (Å²) in [7, 11) is 0. The van der Waals surface area contributed by atoms with Crippen LogP contribution in [0, 0.1) is 5.82 Å². The van der Waals surface area contributed by atoms with E-state index >= 15 is 0 Å². The quantitative estimate of drug-likeness (QED) is 0.872. The van der Waals surface area contributed by atoms with Gasteiger partial charge in [0.05, 0.1) is 5.41 Å². The van der Waals surface area contributed by atoms with Gasteiger partial charge in [0, 0.05) is 18.8 Å². The summed E-state index contributed by atoms with van der Waals surface area (Å²) in [5.74, 6) is 0.382. The smallest absolute Gasteiger partial charge is 0.235 e. The van der Waals surface area contributed by atoms with E-state index in [2.05, 4.69) is 20.4 Å². The Hall–Kier alpha value is -2.21. The van der Waals surface area contributed by atoms with Gasteiger partial charge in [0.1, 0.15) is 5.82 Å². The molecule has 2 aromatic rings. The van der Waals surface area contributed by atoms with E-state index in [4.69, 9.17) is 11.6 Å². The Bertz CT molecular complexity index is 772. The summed E-state index contributed by atoms with van der Waals surface area (Å²) >= 11 is 5.76. The molecular weight excluding hydrogens is 319 g/mol. The highest BCUT2D eigenvalue weighted by Gasteiger charge is 2.48. The Kier molecular flexibility index (Phi) is 3.23. The van der Waals surface area contributed by atoms with Crippen LogP contribution in [0.15, 0.2) is 30.3 Å². The average Bonchev–Trinajstić information content (AvgIpc) is 2.81. The highest BCUT2D eigenvalue weighted by Crippen LogP contribution is 2.45. The number of carbonyl (C=O) groups excluding carboxylic acids is 1. The lowest BCUT2D eigenvalue weighted by Gasteiger charge is -2.38. The second-order valence-electron chi connectivity index (χ2n) is 5.93. The molecule has 23 heavy (non-hydrogen) atoms. The molecule has 2 aliphatic rings. The largest absolute Gasteiger partial charge is 0.355 e. The predicted octanol–water partition coefficient (Wildman–Crippen LogP) is 2.76. The van der Waals surface area contributed by atoms with Crippen LogP contribution in [0.25, 0.3) is 0 Å². The van der Waals surface area contributed by atoms with Gasteiger partial charge in [-0.2, -0.15) is 0 Å². The number of anilines is 2. The maximum absolute atomic E-state index is 13.6. The Morgan fingerprint density at radius 3 is 2.65 bits per heavy atom. The third-order valence-electron chi connectivity index (χ3n) is 4.74. The molecule has 1 amide bonds. The van der Waals surface area contributed by atoms with Gasteiger partial charge in [-0.05, 0) is 48.7 Å². The van der Waals surface area contributed by atoms with Crippen LogP contribution in [-0.4, -0.2) is 29.2 Å². The minimum absolute atomic E-state index is 0.0417. The summed E-state index contributed by atoms with van der Waals surface area (Å²) in [5.41, 5.74) is 0.841. The minimum atomic E-state index is -0.645. The first kappa shape index (κ1) is 14.4. The summed E-state index contributed by atoms with van der Waals surface area (Å²) in [6.07, 6.45) is 1.22. The Labute approximate surface area is 137 Å². The van der Waals surface area contributed by atoms with Crippen LogP contribution >= 0.6 is 11.6 Å². The van der Waals surface area contributed by atoms with Gasteiger partial charge in [-0.1, -0.05) is 11.6 Å². The number of rotatable bonds is 1. The molecule has 1 N–H and O–H groups in total. The van der Waals surface area contributed by atoms with Crippen molar-refractivity contribution in [1.29, 1.82) is 0 Å². The van der Waals surface area contributed by atoms with Gasteiger partial charge in [0.2, 0.25) is 5.91 Å². The molecule has 118 valence electrons. The number of aromatic nitrogens is 2. The molecule has 2 aliphatic heterocycles. The Morgan fingerprint density at radius 2 is 1.96 bits per heavy atom. The maximum atomic E-state index is 13.6. The molecule has 0 radical (unpaired) electrons. The lowest BCUT2D eigenvalue weighted by atomic mass is 9.73. The zero-order valence-electron chi connectivity index (χ0n) is 12.2. The number of benzene rings is 1. The van der Waals surface area contributed by atoms with Crippen molar-refractivity contribution in [2.45, 2.75) is 18.3 Å². The fourth-order valence-corrected chi connectivity index (χ4v) is 3.58. The molecule has 1 aromatic heterocycles. The Balaban J connectivity index is 1.61. The topological polar surface area (TPSA) is 58.1 Å². The summed E-state index contributed by atoms with van der Waals surface area (Å²) in [5, 5.41) is 11.2. The van der Waals surface area contributed by atoms with Crippen molar-refractivity contribution in [3.05, 3.63) is 46.9 Å². The van der Waals surface area contributed by atoms with E-state index in [1.165, 1.54) is 12.1 Å². The van der Waals surface area contributed by atoms with Gasteiger partial charge in [-0.25, -0.2) is 4.39 Å². The SMILES string of the molecule is O=C1Nc2ccc(F)cc2C12CCN(c1ccc(Cl)nn1)CC2. The fraction of sp³-hybridized carbons (Fsp3) is 0.312. The highest BCUT2D eigenvalue weighted by atomic mass is 35.5. The number of carbonyl (C=O) groups is 1. The summed E-state index contributed by atoms with van der Waals surface area (Å²) < 4.78 is 13.6. The number of nitrogens with zero attached hydrogens (tertiary/aromatic N) is 3. The number of halogens is 2. The molecule has 3 heterocycles. The fourth-order valence-electron chi connectivity index (χ4n) is 3.48. The molecule has 1 saturated heterocycles. The molecule has 7 heteroatoms. The van der Waals surface area contributed by atoms with Gasteiger partial charge in [0.15, 0.2) is 11.0 Å². The molecule has 0 saturated carbocycles. The van der Waals surface area contributed by atoms with Crippen LogP contribution in [0.5, 0.6) is 0 Å². The van der Waals surface area contributed by atoms with Crippen LogP contribution in [0.3, 0.4) is 0 Å². The van der Waals surface area contributed by atoms with Crippen LogP contribution < -0.4 is 10.2 Å². The highest BCUT2D eigenvalue weighted by molar-refractivity contribution is 6.29. The van der Waals surface area contributed by atoms with Crippen molar-refractivity contribution >= 4 is 29.0 Å². The van der Waals surface area contributed by atoms with Crippen molar-refractivity contribution in [3.63, 3.8) is 0 Å². The first-order chi connectivity index (χ1) is 11.1. The summed E-state index contributed by atoms with van der Waals surface area (Å²) in [6.45, 7) is 1.30. The van der Waals surface area contributed by atoms with Crippen molar-refractivity contribution in [1.82, 2.24) is 10.2 Å². The summed E-state index contributed by atoms with van der Waals surface area (Å²) in [6, 6.07) is 7.99. The molecule has 0 unspecified atom stereocenters. The van der Waals surface area contributed by atoms with E-state index in [0.717, 1.165) is 17.1 Å². The first-order valence-electron chi connectivity index (χ1n) is 7.44. The molecule has 0 atom stereocenters. The predicted molar refractivity (Wildman–Crippen MR) is 85.2 cm³/mol. The van der Waals surface area contributed by atoms with E-state index < -0.39 is 5.41 Å². The molecule has 4 rings (SSSR count). The molecule has 5 nitrogen and oxygen atoms in total. The lowest BCUT2D eigenvalue weighted by Crippen LogP contribution is -2.46. The van der Waals surface area contributed by atoms with Gasteiger partial charge >= 0.3 is 0 Å². The second-order valence-corrected chi connectivity index (χ2v) is 6.31.